The first kappa shape index (κ1) is 37.1. The Labute approximate surface area is 331 Å². The van der Waals surface area contributed by atoms with E-state index in [0.29, 0.717) is 5.92 Å². The summed E-state index contributed by atoms with van der Waals surface area (Å²) in [6.45, 7) is 20.9. The fourth-order valence-electron chi connectivity index (χ4n) is 9.22. The fraction of sp³-hybridized carbons (Fsp3) is 0.333. The predicted octanol–water partition coefficient (Wildman–Crippen LogP) is 15.7. The lowest BCUT2D eigenvalue weighted by Gasteiger charge is -2.29. The highest BCUT2D eigenvalue weighted by atomic mass is 15.1. The number of aryl methyl sites for hydroxylation is 1. The highest BCUT2D eigenvalue weighted by molar-refractivity contribution is 5.86. The predicted molar refractivity (Wildman–Crippen MR) is 238 cm³/mol. The Morgan fingerprint density at radius 2 is 1.04 bits per heavy atom. The molecule has 6 aromatic rings. The summed E-state index contributed by atoms with van der Waals surface area (Å²) in [5.74, 6) is 0.687. The molecule has 0 aromatic heterocycles. The minimum atomic E-state index is -0.0627. The Morgan fingerprint density at radius 3 is 1.65 bits per heavy atom. The molecule has 6 aromatic carbocycles. The van der Waals surface area contributed by atoms with Gasteiger partial charge in [0.2, 0.25) is 0 Å². The zero-order valence-corrected chi connectivity index (χ0v) is 34.7. The van der Waals surface area contributed by atoms with E-state index < -0.39 is 0 Å². The van der Waals surface area contributed by atoms with E-state index in [1.54, 1.807) is 0 Å². The standard InChI is InChI=1S/C54H59N/c1-36-31-45(27-29-47(36)40-21-19-39(20-22-40)41-32-42(52(2,3)4)34-43(33-41)53(5,6)7)55(44-25-23-38(24-26-44)37-15-11-10-12-16-37)46-28-30-49-48-17-13-14-18-50(48)54(8,9)51(49)35-46/h13-14,17-35,37H,10-12,15-16H2,1-9H3. The van der Waals surface area contributed by atoms with E-state index in [2.05, 4.69) is 195 Å². The summed E-state index contributed by atoms with van der Waals surface area (Å²) in [4.78, 5) is 2.47. The van der Waals surface area contributed by atoms with Crippen LogP contribution in [0, 0.1) is 6.92 Å². The van der Waals surface area contributed by atoms with Crippen LogP contribution in [0.15, 0.2) is 127 Å². The molecule has 2 aliphatic rings. The first-order valence-electron chi connectivity index (χ1n) is 20.7. The van der Waals surface area contributed by atoms with Crippen molar-refractivity contribution in [2.45, 2.75) is 117 Å². The second-order valence-corrected chi connectivity index (χ2v) is 19.0. The summed E-state index contributed by atoms with van der Waals surface area (Å²) in [7, 11) is 0. The molecule has 2 aliphatic carbocycles. The second-order valence-electron chi connectivity index (χ2n) is 19.0. The Hall–Kier alpha value is -4.88. The Balaban J connectivity index is 1.16. The lowest BCUT2D eigenvalue weighted by molar-refractivity contribution is 0.443. The van der Waals surface area contributed by atoms with Crippen LogP contribution in [0.2, 0.25) is 0 Å². The van der Waals surface area contributed by atoms with Crippen LogP contribution in [0.25, 0.3) is 33.4 Å². The van der Waals surface area contributed by atoms with Crippen LogP contribution in [-0.4, -0.2) is 0 Å². The molecule has 0 spiro atoms. The van der Waals surface area contributed by atoms with E-state index in [1.165, 1.54) is 116 Å². The summed E-state index contributed by atoms with van der Waals surface area (Å²) in [6, 6.07) is 49.0. The third-order valence-electron chi connectivity index (χ3n) is 12.7. The van der Waals surface area contributed by atoms with E-state index in [1.807, 2.05) is 0 Å². The fourth-order valence-corrected chi connectivity index (χ4v) is 9.22. The molecule has 0 saturated heterocycles. The van der Waals surface area contributed by atoms with Gasteiger partial charge in [0.15, 0.2) is 0 Å². The van der Waals surface area contributed by atoms with Crippen LogP contribution in [0.1, 0.15) is 127 Å². The molecule has 1 saturated carbocycles. The average Bonchev–Trinajstić information content (AvgIpc) is 3.40. The number of benzene rings is 6. The molecule has 0 radical (unpaired) electrons. The zero-order valence-electron chi connectivity index (χ0n) is 34.7. The van der Waals surface area contributed by atoms with Gasteiger partial charge in [-0.1, -0.05) is 166 Å². The van der Waals surface area contributed by atoms with Crippen molar-refractivity contribution in [2.75, 3.05) is 4.90 Å². The number of hydrogen-bond donors (Lipinski definition) is 0. The summed E-state index contributed by atoms with van der Waals surface area (Å²) in [5.41, 5.74) is 19.8. The van der Waals surface area contributed by atoms with Crippen LogP contribution in [0.3, 0.4) is 0 Å². The molecule has 1 fully saturated rings. The van der Waals surface area contributed by atoms with Gasteiger partial charge in [-0.15, -0.1) is 0 Å². The van der Waals surface area contributed by atoms with Gasteiger partial charge in [-0.2, -0.15) is 0 Å². The van der Waals surface area contributed by atoms with Crippen LogP contribution < -0.4 is 4.90 Å². The molecular weight excluding hydrogens is 663 g/mol. The highest BCUT2D eigenvalue weighted by Gasteiger charge is 2.36. The van der Waals surface area contributed by atoms with Crippen molar-refractivity contribution in [2.24, 2.45) is 0 Å². The molecule has 0 N–H and O–H groups in total. The van der Waals surface area contributed by atoms with Crippen molar-refractivity contribution < 1.29 is 0 Å². The van der Waals surface area contributed by atoms with E-state index in [0.717, 1.165) is 0 Å². The Kier molecular flexibility index (Phi) is 9.44. The van der Waals surface area contributed by atoms with E-state index in [9.17, 15) is 0 Å². The van der Waals surface area contributed by atoms with Gasteiger partial charge in [0.05, 0.1) is 0 Å². The number of rotatable bonds is 6. The van der Waals surface area contributed by atoms with E-state index in [4.69, 9.17) is 0 Å². The van der Waals surface area contributed by atoms with Crippen molar-refractivity contribution in [3.05, 3.63) is 161 Å². The maximum atomic E-state index is 2.47. The minimum absolute atomic E-state index is 0.0627. The summed E-state index contributed by atoms with van der Waals surface area (Å²) < 4.78 is 0. The van der Waals surface area contributed by atoms with Crippen molar-refractivity contribution in [1.29, 1.82) is 0 Å². The molecule has 0 amide bonds. The molecule has 0 unspecified atom stereocenters. The van der Waals surface area contributed by atoms with Gasteiger partial charge in [-0.3, -0.25) is 0 Å². The van der Waals surface area contributed by atoms with Crippen molar-refractivity contribution in [3.63, 3.8) is 0 Å². The molecule has 0 bridgehead atoms. The van der Waals surface area contributed by atoms with Crippen LogP contribution in [0.5, 0.6) is 0 Å². The second kappa shape index (κ2) is 14.0. The quantitative estimate of drug-likeness (QED) is 0.165. The molecule has 0 atom stereocenters. The molecule has 280 valence electrons. The first-order chi connectivity index (χ1) is 26.2. The monoisotopic (exact) mass is 721 g/mol. The molecule has 55 heavy (non-hydrogen) atoms. The Morgan fingerprint density at radius 1 is 0.491 bits per heavy atom. The van der Waals surface area contributed by atoms with Gasteiger partial charge in [0, 0.05) is 22.5 Å². The number of hydrogen-bond acceptors (Lipinski definition) is 1. The largest absolute Gasteiger partial charge is 0.310 e. The smallest absolute Gasteiger partial charge is 0.0465 e. The van der Waals surface area contributed by atoms with E-state index >= 15 is 0 Å². The van der Waals surface area contributed by atoms with Gasteiger partial charge in [-0.05, 0) is 140 Å². The normalized spacial score (nSPS) is 15.4. The molecule has 8 rings (SSSR count). The lowest BCUT2D eigenvalue weighted by Crippen LogP contribution is -2.16. The molecule has 1 nitrogen and oxygen atoms in total. The lowest BCUT2D eigenvalue weighted by atomic mass is 9.79. The molecule has 0 aliphatic heterocycles. The van der Waals surface area contributed by atoms with Crippen molar-refractivity contribution >= 4 is 17.1 Å². The van der Waals surface area contributed by atoms with Gasteiger partial charge in [0.25, 0.3) is 0 Å². The maximum Gasteiger partial charge on any atom is 0.0465 e. The van der Waals surface area contributed by atoms with Crippen LogP contribution in [-0.2, 0) is 16.2 Å². The van der Waals surface area contributed by atoms with Gasteiger partial charge < -0.3 is 4.90 Å². The van der Waals surface area contributed by atoms with Crippen LogP contribution in [0.4, 0.5) is 17.1 Å². The summed E-state index contributed by atoms with van der Waals surface area (Å²) in [6.07, 6.45) is 6.70. The molecule has 1 heteroatoms. The van der Waals surface area contributed by atoms with Gasteiger partial charge >= 0.3 is 0 Å². The average molecular weight is 722 g/mol. The minimum Gasteiger partial charge on any atom is -0.310 e. The summed E-state index contributed by atoms with van der Waals surface area (Å²) in [5, 5.41) is 0. The number of fused-ring (bicyclic) bond motifs is 3. The molecular formula is C54H59N. The SMILES string of the molecule is Cc1cc(N(c2ccc(C3CCCCC3)cc2)c2ccc3c(c2)C(C)(C)c2ccccc2-3)ccc1-c1ccc(-c2cc(C(C)(C)C)cc(C(C)(C)C)c2)cc1. The topological polar surface area (TPSA) is 3.24 Å². The maximum absolute atomic E-state index is 2.47. The van der Waals surface area contributed by atoms with Crippen LogP contribution >= 0.6 is 0 Å². The zero-order chi connectivity index (χ0) is 38.7. The number of anilines is 3. The molecule has 0 heterocycles. The first-order valence-corrected chi connectivity index (χ1v) is 20.7. The summed E-state index contributed by atoms with van der Waals surface area (Å²) >= 11 is 0. The third-order valence-corrected chi connectivity index (χ3v) is 12.7. The van der Waals surface area contributed by atoms with E-state index in [-0.39, 0.29) is 16.2 Å². The van der Waals surface area contributed by atoms with Crippen molar-refractivity contribution in [3.8, 4) is 33.4 Å². The Bertz CT molecular complexity index is 2300. The van der Waals surface area contributed by atoms with Gasteiger partial charge in [-0.25, -0.2) is 0 Å². The number of nitrogens with zero attached hydrogens (tertiary/aromatic N) is 1. The van der Waals surface area contributed by atoms with Crippen molar-refractivity contribution in [1.82, 2.24) is 0 Å². The van der Waals surface area contributed by atoms with Gasteiger partial charge in [0.1, 0.15) is 0 Å². The highest BCUT2D eigenvalue weighted by Crippen LogP contribution is 2.51. The third kappa shape index (κ3) is 7.08.